The number of aromatic nitrogens is 1. The van der Waals surface area contributed by atoms with E-state index in [9.17, 15) is 9.59 Å². The largest absolute Gasteiger partial charge is 0.501 e. The molecule has 1 aliphatic carbocycles. The molecule has 1 spiro atoms. The summed E-state index contributed by atoms with van der Waals surface area (Å²) in [5, 5.41) is 5.72. The van der Waals surface area contributed by atoms with E-state index in [2.05, 4.69) is 15.6 Å². The molecule has 1 aliphatic heterocycles. The number of hydrogen-bond acceptors (Lipinski definition) is 4. The second-order valence-electron chi connectivity index (χ2n) is 6.52. The van der Waals surface area contributed by atoms with Gasteiger partial charge in [0.05, 0.1) is 18.3 Å². The summed E-state index contributed by atoms with van der Waals surface area (Å²) < 4.78 is 5.03. The number of fused-ring (bicyclic) bond motifs is 3. The topological polar surface area (TPSA) is 80.3 Å². The Kier molecular flexibility index (Phi) is 3.95. The average molecular weight is 349 g/mol. The lowest BCUT2D eigenvalue weighted by Crippen LogP contribution is -2.35. The van der Waals surface area contributed by atoms with Crippen LogP contribution in [0.4, 0.5) is 11.5 Å². The van der Waals surface area contributed by atoms with Crippen molar-refractivity contribution in [1.29, 1.82) is 0 Å². The molecular weight excluding hydrogens is 330 g/mol. The molecule has 0 fully saturated rings. The van der Waals surface area contributed by atoms with Crippen LogP contribution in [-0.4, -0.2) is 23.4 Å². The molecule has 26 heavy (non-hydrogen) atoms. The minimum Gasteiger partial charge on any atom is -0.501 e. The highest BCUT2D eigenvalue weighted by Gasteiger charge is 2.50. The van der Waals surface area contributed by atoms with Gasteiger partial charge in [0.1, 0.15) is 5.82 Å². The first kappa shape index (κ1) is 16.3. The van der Waals surface area contributed by atoms with Crippen molar-refractivity contribution in [2.75, 3.05) is 17.2 Å². The van der Waals surface area contributed by atoms with E-state index in [-0.39, 0.29) is 11.8 Å². The maximum atomic E-state index is 12.7. The molecule has 0 radical (unpaired) electrons. The van der Waals surface area contributed by atoms with Crippen molar-refractivity contribution in [2.24, 2.45) is 0 Å². The van der Waals surface area contributed by atoms with E-state index >= 15 is 0 Å². The fourth-order valence-electron chi connectivity index (χ4n) is 3.74. The van der Waals surface area contributed by atoms with Crippen molar-refractivity contribution in [1.82, 2.24) is 4.98 Å². The average Bonchev–Trinajstić information content (AvgIpc) is 3.14. The van der Waals surface area contributed by atoms with Crippen molar-refractivity contribution in [2.45, 2.75) is 25.2 Å². The van der Waals surface area contributed by atoms with Crippen LogP contribution >= 0.6 is 0 Å². The number of ether oxygens (including phenoxy) is 1. The second-order valence-corrected chi connectivity index (χ2v) is 6.52. The number of nitrogens with zero attached hydrogens (tertiary/aromatic N) is 1. The predicted octanol–water partition coefficient (Wildman–Crippen LogP) is 2.56. The molecule has 2 aliphatic rings. The maximum absolute atomic E-state index is 12.7. The van der Waals surface area contributed by atoms with Gasteiger partial charge in [-0.05, 0) is 49.1 Å². The lowest BCUT2D eigenvalue weighted by atomic mass is 9.79. The summed E-state index contributed by atoms with van der Waals surface area (Å²) in [5.74, 6) is 0.395. The van der Waals surface area contributed by atoms with E-state index < -0.39 is 5.41 Å². The van der Waals surface area contributed by atoms with Gasteiger partial charge in [-0.2, -0.15) is 0 Å². The molecule has 1 aromatic heterocycles. The summed E-state index contributed by atoms with van der Waals surface area (Å²) in [7, 11) is 0. The van der Waals surface area contributed by atoms with Gasteiger partial charge in [0.2, 0.25) is 5.91 Å². The lowest BCUT2D eigenvalue weighted by molar-refractivity contribution is -0.120. The SMILES string of the molecule is CCOC=CC(=O)Nc1ccc2c(c1)CC1(C2)C(=O)Nc2ncccc21. The van der Waals surface area contributed by atoms with Gasteiger partial charge in [-0.15, -0.1) is 0 Å². The molecule has 1 unspecified atom stereocenters. The number of benzene rings is 1. The van der Waals surface area contributed by atoms with E-state index in [0.29, 0.717) is 31.0 Å². The highest BCUT2D eigenvalue weighted by Crippen LogP contribution is 2.46. The fraction of sp³-hybridized carbons (Fsp3) is 0.250. The monoisotopic (exact) mass is 349 g/mol. The first-order chi connectivity index (χ1) is 12.6. The zero-order chi connectivity index (χ0) is 18.1. The standard InChI is InChI=1S/C20H19N3O3/c1-2-26-9-7-17(24)22-15-6-5-13-11-20(12-14(13)10-15)16-4-3-8-21-18(16)23-19(20)25/h3-10H,2,11-12H2,1H3,(H,22,24)(H,21,23,25). The molecule has 2 heterocycles. The van der Waals surface area contributed by atoms with Crippen molar-refractivity contribution < 1.29 is 14.3 Å². The number of anilines is 2. The number of amides is 2. The minimum absolute atomic E-state index is 0.00682. The van der Waals surface area contributed by atoms with Crippen LogP contribution in [0.25, 0.3) is 0 Å². The van der Waals surface area contributed by atoms with Gasteiger partial charge >= 0.3 is 0 Å². The van der Waals surface area contributed by atoms with E-state index in [1.54, 1.807) is 6.20 Å². The third-order valence-electron chi connectivity index (χ3n) is 4.93. The third kappa shape index (κ3) is 2.63. The Morgan fingerprint density at radius 3 is 3.04 bits per heavy atom. The normalized spacial score (nSPS) is 20.1. The molecule has 2 N–H and O–H groups in total. The van der Waals surface area contributed by atoms with Crippen LogP contribution in [0.2, 0.25) is 0 Å². The minimum atomic E-state index is -0.594. The molecule has 1 atom stereocenters. The highest BCUT2D eigenvalue weighted by molar-refractivity contribution is 6.06. The Morgan fingerprint density at radius 2 is 2.19 bits per heavy atom. The van der Waals surface area contributed by atoms with Gasteiger partial charge in [0.25, 0.3) is 5.91 Å². The fourth-order valence-corrected chi connectivity index (χ4v) is 3.74. The zero-order valence-corrected chi connectivity index (χ0v) is 14.4. The molecule has 0 bridgehead atoms. The van der Waals surface area contributed by atoms with E-state index in [4.69, 9.17) is 4.74 Å². The molecule has 6 heteroatoms. The smallest absolute Gasteiger partial charge is 0.251 e. The number of carbonyl (C=O) groups is 2. The number of pyridine rings is 1. The predicted molar refractivity (Wildman–Crippen MR) is 97.8 cm³/mol. The number of nitrogens with one attached hydrogen (secondary N) is 2. The molecule has 6 nitrogen and oxygen atoms in total. The summed E-state index contributed by atoms with van der Waals surface area (Å²) in [5.41, 5.74) is 3.26. The van der Waals surface area contributed by atoms with Crippen LogP contribution in [0.3, 0.4) is 0 Å². The molecule has 1 aromatic carbocycles. The van der Waals surface area contributed by atoms with Crippen LogP contribution in [0.5, 0.6) is 0 Å². The Labute approximate surface area is 151 Å². The van der Waals surface area contributed by atoms with Crippen molar-refractivity contribution in [3.8, 4) is 0 Å². The van der Waals surface area contributed by atoms with Gasteiger partial charge in [-0.25, -0.2) is 4.98 Å². The van der Waals surface area contributed by atoms with Crippen LogP contribution in [0.1, 0.15) is 23.6 Å². The van der Waals surface area contributed by atoms with Crippen LogP contribution in [0, 0.1) is 0 Å². The maximum Gasteiger partial charge on any atom is 0.251 e. The van der Waals surface area contributed by atoms with Crippen molar-refractivity contribution >= 4 is 23.3 Å². The lowest BCUT2D eigenvalue weighted by Gasteiger charge is -2.20. The Hall–Kier alpha value is -3.15. The van der Waals surface area contributed by atoms with Crippen molar-refractivity contribution in [3.63, 3.8) is 0 Å². The molecular formula is C20H19N3O3. The first-order valence-corrected chi connectivity index (χ1v) is 8.60. The molecule has 2 amide bonds. The van der Waals surface area contributed by atoms with Gasteiger partial charge in [0.15, 0.2) is 0 Å². The van der Waals surface area contributed by atoms with Crippen molar-refractivity contribution in [3.05, 3.63) is 65.6 Å². The van der Waals surface area contributed by atoms with Gasteiger partial charge < -0.3 is 15.4 Å². The van der Waals surface area contributed by atoms with Gasteiger partial charge in [-0.1, -0.05) is 12.1 Å². The van der Waals surface area contributed by atoms with Crippen LogP contribution in [-0.2, 0) is 32.6 Å². The summed E-state index contributed by atoms with van der Waals surface area (Å²) in [4.78, 5) is 28.9. The summed E-state index contributed by atoms with van der Waals surface area (Å²) in [6.45, 7) is 2.37. The summed E-state index contributed by atoms with van der Waals surface area (Å²) >= 11 is 0. The van der Waals surface area contributed by atoms with Crippen LogP contribution < -0.4 is 10.6 Å². The third-order valence-corrected chi connectivity index (χ3v) is 4.93. The number of rotatable bonds is 4. The van der Waals surface area contributed by atoms with Gasteiger partial charge in [-0.3, -0.25) is 9.59 Å². The number of carbonyl (C=O) groups excluding carboxylic acids is 2. The highest BCUT2D eigenvalue weighted by atomic mass is 16.5. The molecule has 132 valence electrons. The quantitative estimate of drug-likeness (QED) is 0.657. The molecule has 2 aromatic rings. The Balaban J connectivity index is 1.57. The van der Waals surface area contributed by atoms with E-state index in [1.807, 2.05) is 37.3 Å². The summed E-state index contributed by atoms with van der Waals surface area (Å²) in [6, 6.07) is 9.61. The molecule has 0 saturated carbocycles. The Morgan fingerprint density at radius 1 is 1.35 bits per heavy atom. The first-order valence-electron chi connectivity index (χ1n) is 8.60. The number of hydrogen-bond donors (Lipinski definition) is 2. The second kappa shape index (κ2) is 6.29. The Bertz CT molecular complexity index is 922. The molecule has 0 saturated heterocycles. The van der Waals surface area contributed by atoms with E-state index in [1.165, 1.54) is 12.3 Å². The van der Waals surface area contributed by atoms with E-state index in [0.717, 1.165) is 16.7 Å². The molecule has 4 rings (SSSR count). The summed E-state index contributed by atoms with van der Waals surface area (Å²) in [6.07, 6.45) is 5.66. The zero-order valence-electron chi connectivity index (χ0n) is 14.4. The van der Waals surface area contributed by atoms with Crippen LogP contribution in [0.15, 0.2) is 48.9 Å². The van der Waals surface area contributed by atoms with Gasteiger partial charge in [0, 0.05) is 23.5 Å².